The first-order valence-corrected chi connectivity index (χ1v) is 10.9. The predicted octanol–water partition coefficient (Wildman–Crippen LogP) is 3.51. The maximum atomic E-state index is 13.7. The van der Waals surface area contributed by atoms with E-state index in [0.717, 1.165) is 42.6 Å². The molecule has 1 saturated carbocycles. The molecule has 0 unspecified atom stereocenters. The lowest BCUT2D eigenvalue weighted by atomic mass is 9.71. The van der Waals surface area contributed by atoms with Crippen molar-refractivity contribution in [3.8, 4) is 5.75 Å². The Morgan fingerprint density at radius 3 is 2.55 bits per heavy atom. The molecular formula is C25H30N2O4. The summed E-state index contributed by atoms with van der Waals surface area (Å²) in [6.07, 6.45) is 3.66. The van der Waals surface area contributed by atoms with Gasteiger partial charge in [0.2, 0.25) is 5.91 Å². The van der Waals surface area contributed by atoms with Crippen molar-refractivity contribution in [1.29, 1.82) is 0 Å². The molecule has 1 spiro atoms. The monoisotopic (exact) mass is 422 g/mol. The highest BCUT2D eigenvalue weighted by Gasteiger charge is 2.55. The van der Waals surface area contributed by atoms with Crippen LogP contribution in [0.1, 0.15) is 53.1 Å². The molecular weight excluding hydrogens is 392 g/mol. The van der Waals surface area contributed by atoms with Gasteiger partial charge in [0.25, 0.3) is 5.91 Å². The van der Waals surface area contributed by atoms with Crippen LogP contribution in [0.3, 0.4) is 0 Å². The normalized spacial score (nSPS) is 19.4. The molecule has 164 valence electrons. The average Bonchev–Trinajstić information content (AvgIpc) is 3.27. The lowest BCUT2D eigenvalue weighted by molar-refractivity contribution is -0.126. The Labute approximate surface area is 183 Å². The summed E-state index contributed by atoms with van der Waals surface area (Å²) < 4.78 is 10.7. The topological polar surface area (TPSA) is 67.9 Å². The number of carbonyl (C=O) groups is 2. The molecule has 1 aliphatic carbocycles. The molecule has 1 heterocycles. The summed E-state index contributed by atoms with van der Waals surface area (Å²) in [5, 5.41) is 3.14. The molecule has 6 nitrogen and oxygen atoms in total. The van der Waals surface area contributed by atoms with Gasteiger partial charge in [0.1, 0.15) is 5.75 Å². The van der Waals surface area contributed by atoms with Gasteiger partial charge in [-0.2, -0.15) is 0 Å². The maximum absolute atomic E-state index is 13.7. The van der Waals surface area contributed by atoms with Gasteiger partial charge in [-0.1, -0.05) is 49.2 Å². The molecule has 2 aromatic rings. The molecule has 2 aromatic carbocycles. The summed E-state index contributed by atoms with van der Waals surface area (Å²) in [5.74, 6) is 0.299. The van der Waals surface area contributed by atoms with Crippen molar-refractivity contribution in [3.05, 3.63) is 65.2 Å². The average molecular weight is 423 g/mol. The van der Waals surface area contributed by atoms with E-state index in [0.29, 0.717) is 25.3 Å². The summed E-state index contributed by atoms with van der Waals surface area (Å²) in [5.41, 5.74) is 1.87. The van der Waals surface area contributed by atoms with Crippen LogP contribution in [0, 0.1) is 0 Å². The van der Waals surface area contributed by atoms with E-state index >= 15 is 0 Å². The van der Waals surface area contributed by atoms with Crippen molar-refractivity contribution in [2.45, 2.75) is 43.7 Å². The number of para-hydroxylation sites is 1. The highest BCUT2D eigenvalue weighted by atomic mass is 16.5. The van der Waals surface area contributed by atoms with E-state index in [1.165, 1.54) is 0 Å². The first-order valence-electron chi connectivity index (χ1n) is 10.9. The third-order valence-corrected chi connectivity index (χ3v) is 6.72. The Balaban J connectivity index is 1.70. The Morgan fingerprint density at radius 2 is 1.81 bits per heavy atom. The number of hydrogen-bond donors (Lipinski definition) is 1. The third kappa shape index (κ3) is 3.81. The van der Waals surface area contributed by atoms with E-state index in [-0.39, 0.29) is 11.8 Å². The highest BCUT2D eigenvalue weighted by Crippen LogP contribution is 2.50. The number of nitrogens with one attached hydrogen (secondary N) is 1. The largest absolute Gasteiger partial charge is 0.496 e. The minimum atomic E-state index is -0.505. The fraction of sp³-hybridized carbons (Fsp3) is 0.440. The molecule has 1 atom stereocenters. The van der Waals surface area contributed by atoms with Crippen molar-refractivity contribution in [3.63, 3.8) is 0 Å². The predicted molar refractivity (Wildman–Crippen MR) is 118 cm³/mol. The zero-order valence-electron chi connectivity index (χ0n) is 18.2. The van der Waals surface area contributed by atoms with E-state index < -0.39 is 11.5 Å². The molecule has 31 heavy (non-hydrogen) atoms. The van der Waals surface area contributed by atoms with Crippen molar-refractivity contribution in [1.82, 2.24) is 10.2 Å². The molecule has 2 aliphatic rings. The van der Waals surface area contributed by atoms with Gasteiger partial charge in [0.15, 0.2) is 0 Å². The molecule has 0 aromatic heterocycles. The maximum Gasteiger partial charge on any atom is 0.254 e. The minimum absolute atomic E-state index is 0.00308. The molecule has 1 aliphatic heterocycles. The Morgan fingerprint density at radius 1 is 1.10 bits per heavy atom. The first-order chi connectivity index (χ1) is 15.1. The van der Waals surface area contributed by atoms with Crippen LogP contribution in [0.25, 0.3) is 0 Å². The van der Waals surface area contributed by atoms with Crippen molar-refractivity contribution < 1.29 is 19.1 Å². The minimum Gasteiger partial charge on any atom is -0.496 e. The Hall–Kier alpha value is -2.86. The summed E-state index contributed by atoms with van der Waals surface area (Å²) in [4.78, 5) is 29.1. The van der Waals surface area contributed by atoms with Crippen LogP contribution < -0.4 is 10.1 Å². The molecule has 2 amide bonds. The van der Waals surface area contributed by atoms with Crippen LogP contribution in [0.15, 0.2) is 48.5 Å². The van der Waals surface area contributed by atoms with Gasteiger partial charge in [0.05, 0.1) is 25.2 Å². The summed E-state index contributed by atoms with van der Waals surface area (Å²) in [7, 11) is 3.27. The number of benzene rings is 2. The molecule has 6 heteroatoms. The van der Waals surface area contributed by atoms with Crippen LogP contribution in [-0.4, -0.2) is 49.6 Å². The fourth-order valence-electron chi connectivity index (χ4n) is 5.31. The lowest BCUT2D eigenvalue weighted by Crippen LogP contribution is -2.61. The van der Waals surface area contributed by atoms with Crippen LogP contribution in [0.2, 0.25) is 0 Å². The second kappa shape index (κ2) is 9.10. The van der Waals surface area contributed by atoms with E-state index in [4.69, 9.17) is 9.47 Å². The standard InChI is InChI=1S/C25H30N2O4/c1-30-16-15-27-24(29)20-11-5-4-10-19(20)22(25(27)13-7-8-14-25)23(28)26-17-18-9-3-6-12-21(18)31-2/h3-6,9-12,22H,7-8,13-17H2,1-2H3,(H,26,28)/t22-/m1/s1. The SMILES string of the molecule is COCCN1C(=O)c2ccccc2[C@H](C(=O)NCc2ccccc2OC)C12CCCC2. The van der Waals surface area contributed by atoms with E-state index in [1.54, 1.807) is 14.2 Å². The fourth-order valence-corrected chi connectivity index (χ4v) is 5.31. The van der Waals surface area contributed by atoms with Crippen molar-refractivity contribution in [2.75, 3.05) is 27.4 Å². The number of nitrogens with zero attached hydrogens (tertiary/aromatic N) is 1. The van der Waals surface area contributed by atoms with E-state index in [9.17, 15) is 9.59 Å². The zero-order chi connectivity index (χ0) is 21.8. The molecule has 0 radical (unpaired) electrons. The molecule has 0 saturated heterocycles. The van der Waals surface area contributed by atoms with Gasteiger partial charge < -0.3 is 19.7 Å². The highest BCUT2D eigenvalue weighted by molar-refractivity contribution is 6.02. The number of rotatable bonds is 7. The van der Waals surface area contributed by atoms with Crippen LogP contribution in [-0.2, 0) is 16.1 Å². The number of amides is 2. The number of fused-ring (bicyclic) bond motifs is 1. The lowest BCUT2D eigenvalue weighted by Gasteiger charge is -2.50. The van der Waals surface area contributed by atoms with Gasteiger partial charge in [-0.25, -0.2) is 0 Å². The van der Waals surface area contributed by atoms with Gasteiger partial charge in [-0.05, 0) is 30.5 Å². The third-order valence-electron chi connectivity index (χ3n) is 6.72. The van der Waals surface area contributed by atoms with Crippen molar-refractivity contribution in [2.24, 2.45) is 0 Å². The van der Waals surface area contributed by atoms with E-state index in [1.807, 2.05) is 53.4 Å². The van der Waals surface area contributed by atoms with Crippen LogP contribution >= 0.6 is 0 Å². The first kappa shape index (κ1) is 21.4. The zero-order valence-corrected chi connectivity index (χ0v) is 18.2. The second-order valence-electron chi connectivity index (χ2n) is 8.31. The summed E-state index contributed by atoms with van der Waals surface area (Å²) >= 11 is 0. The number of methoxy groups -OCH3 is 2. The van der Waals surface area contributed by atoms with Gasteiger partial charge >= 0.3 is 0 Å². The number of hydrogen-bond acceptors (Lipinski definition) is 4. The van der Waals surface area contributed by atoms with Gasteiger partial charge in [-0.3, -0.25) is 9.59 Å². The second-order valence-corrected chi connectivity index (χ2v) is 8.31. The number of carbonyl (C=O) groups excluding carboxylic acids is 2. The van der Waals surface area contributed by atoms with Gasteiger partial charge in [0, 0.05) is 31.3 Å². The quantitative estimate of drug-likeness (QED) is 0.742. The smallest absolute Gasteiger partial charge is 0.254 e. The molecule has 1 N–H and O–H groups in total. The van der Waals surface area contributed by atoms with Crippen molar-refractivity contribution >= 4 is 11.8 Å². The molecule has 0 bridgehead atoms. The van der Waals surface area contributed by atoms with Gasteiger partial charge in [-0.15, -0.1) is 0 Å². The van der Waals surface area contributed by atoms with Crippen LogP contribution in [0.4, 0.5) is 0 Å². The number of ether oxygens (including phenoxy) is 2. The van der Waals surface area contributed by atoms with E-state index in [2.05, 4.69) is 5.32 Å². The molecule has 4 rings (SSSR count). The summed E-state index contributed by atoms with van der Waals surface area (Å²) in [6, 6.07) is 15.2. The summed E-state index contributed by atoms with van der Waals surface area (Å²) in [6.45, 7) is 1.31. The Kier molecular flexibility index (Phi) is 6.28. The van der Waals surface area contributed by atoms with Crippen LogP contribution in [0.5, 0.6) is 5.75 Å². The molecule has 1 fully saturated rings. The Bertz CT molecular complexity index is 952.